The second-order valence-electron chi connectivity index (χ2n) is 19.1. The van der Waals surface area contributed by atoms with Crippen molar-refractivity contribution in [2.24, 2.45) is 0 Å². The van der Waals surface area contributed by atoms with Gasteiger partial charge in [-0.3, -0.25) is 14.4 Å². The number of esters is 3. The zero-order chi connectivity index (χ0) is 56.1. The number of aliphatic carboxylic acids is 1. The van der Waals surface area contributed by atoms with Gasteiger partial charge in [0.1, 0.15) is 18.8 Å². The highest BCUT2D eigenvalue weighted by Gasteiger charge is 2.50. The van der Waals surface area contributed by atoms with E-state index in [0.29, 0.717) is 19.3 Å². The highest BCUT2D eigenvalue weighted by Crippen LogP contribution is 2.26. The molecular formula is C65H100O12. The first kappa shape index (κ1) is 69.9. The van der Waals surface area contributed by atoms with Crippen molar-refractivity contribution in [2.45, 2.75) is 237 Å². The average Bonchev–Trinajstić information content (AvgIpc) is 3.42. The Balaban J connectivity index is 2.75. The first-order chi connectivity index (χ1) is 37.6. The van der Waals surface area contributed by atoms with Gasteiger partial charge < -0.3 is 39.0 Å². The summed E-state index contributed by atoms with van der Waals surface area (Å²) in [7, 11) is 0. The molecule has 12 nitrogen and oxygen atoms in total. The van der Waals surface area contributed by atoms with Gasteiger partial charge in [0.15, 0.2) is 24.6 Å². The minimum absolute atomic E-state index is 0.0185. The molecule has 0 bridgehead atoms. The van der Waals surface area contributed by atoms with Crippen LogP contribution < -0.4 is 0 Å². The lowest BCUT2D eigenvalue weighted by Crippen LogP contribution is -2.61. The average molecular weight is 1070 g/mol. The molecule has 432 valence electrons. The van der Waals surface area contributed by atoms with Gasteiger partial charge >= 0.3 is 23.9 Å². The maximum absolute atomic E-state index is 13.1. The lowest BCUT2D eigenvalue weighted by Gasteiger charge is -2.40. The zero-order valence-corrected chi connectivity index (χ0v) is 47.4. The predicted molar refractivity (Wildman–Crippen MR) is 312 cm³/mol. The summed E-state index contributed by atoms with van der Waals surface area (Å²) in [6.07, 6.45) is 59.9. The minimum Gasteiger partial charge on any atom is -0.479 e. The van der Waals surface area contributed by atoms with E-state index < -0.39 is 67.3 Å². The first-order valence-electron chi connectivity index (χ1n) is 29.2. The van der Waals surface area contributed by atoms with Crippen molar-refractivity contribution in [3.8, 4) is 0 Å². The fourth-order valence-corrected chi connectivity index (χ4v) is 7.83. The molecular weight excluding hydrogens is 973 g/mol. The molecule has 0 amide bonds. The van der Waals surface area contributed by atoms with Gasteiger partial charge in [-0.1, -0.05) is 187 Å². The van der Waals surface area contributed by atoms with Gasteiger partial charge in [0.2, 0.25) is 0 Å². The number of allylic oxidation sites excluding steroid dienone is 22. The molecule has 0 saturated carbocycles. The van der Waals surface area contributed by atoms with Gasteiger partial charge in [0.25, 0.3) is 0 Å². The SMILES string of the molecule is CC/C=C\C/C=C\C/C=C\C/C=C\CCCCCCC(=O)OCC(COC1OC(C(=O)O)C(O)C(O)C1OC(=O)CCCCCC/C=C\C/C=C\C/C=C\C/C=C\CC)OC(=O)CCCCC/C=C\C/C=C\C/C=C\CC. The Morgan fingerprint density at radius 3 is 1.18 bits per heavy atom. The molecule has 1 fully saturated rings. The van der Waals surface area contributed by atoms with Crippen molar-refractivity contribution in [1.82, 2.24) is 0 Å². The maximum Gasteiger partial charge on any atom is 0.335 e. The third-order valence-corrected chi connectivity index (χ3v) is 12.2. The molecule has 1 aliphatic rings. The van der Waals surface area contributed by atoms with Crippen LogP contribution in [0.4, 0.5) is 0 Å². The van der Waals surface area contributed by atoms with Crippen molar-refractivity contribution in [2.75, 3.05) is 13.2 Å². The van der Waals surface area contributed by atoms with E-state index in [-0.39, 0.29) is 25.9 Å². The van der Waals surface area contributed by atoms with Gasteiger partial charge in [0, 0.05) is 19.3 Å². The highest BCUT2D eigenvalue weighted by atomic mass is 16.7. The Bertz CT molecular complexity index is 1850. The first-order valence-corrected chi connectivity index (χ1v) is 29.2. The van der Waals surface area contributed by atoms with E-state index in [1.807, 2.05) is 0 Å². The van der Waals surface area contributed by atoms with Gasteiger partial charge in [-0.25, -0.2) is 4.79 Å². The number of carbonyl (C=O) groups excluding carboxylic acids is 3. The molecule has 6 atom stereocenters. The summed E-state index contributed by atoms with van der Waals surface area (Å²) >= 11 is 0. The van der Waals surface area contributed by atoms with E-state index in [1.54, 1.807) is 0 Å². The minimum atomic E-state index is -1.93. The van der Waals surface area contributed by atoms with E-state index in [0.717, 1.165) is 141 Å². The molecule has 1 rings (SSSR count). The van der Waals surface area contributed by atoms with Crippen LogP contribution in [0.5, 0.6) is 0 Å². The molecule has 1 aliphatic heterocycles. The molecule has 77 heavy (non-hydrogen) atoms. The molecule has 0 aliphatic carbocycles. The summed E-state index contributed by atoms with van der Waals surface area (Å²) in [5, 5.41) is 31.5. The van der Waals surface area contributed by atoms with Gasteiger partial charge in [-0.15, -0.1) is 0 Å². The fourth-order valence-electron chi connectivity index (χ4n) is 7.83. The van der Waals surface area contributed by atoms with Crippen LogP contribution in [0.1, 0.15) is 201 Å². The van der Waals surface area contributed by atoms with Crippen LogP contribution in [0, 0.1) is 0 Å². The molecule has 0 aromatic carbocycles. The number of aliphatic hydroxyl groups excluding tert-OH is 2. The van der Waals surface area contributed by atoms with E-state index in [9.17, 15) is 34.5 Å². The Hall–Kier alpha value is -5.14. The Morgan fingerprint density at radius 2 is 0.779 bits per heavy atom. The Labute approximate surface area is 464 Å². The smallest absolute Gasteiger partial charge is 0.335 e. The molecule has 0 spiro atoms. The largest absolute Gasteiger partial charge is 0.479 e. The van der Waals surface area contributed by atoms with Crippen LogP contribution in [0.25, 0.3) is 0 Å². The van der Waals surface area contributed by atoms with Crippen LogP contribution in [-0.4, -0.2) is 89.2 Å². The van der Waals surface area contributed by atoms with E-state index in [4.69, 9.17) is 23.7 Å². The number of hydrogen-bond donors (Lipinski definition) is 3. The number of hydrogen-bond acceptors (Lipinski definition) is 11. The maximum atomic E-state index is 13.1. The number of carbonyl (C=O) groups is 4. The van der Waals surface area contributed by atoms with Crippen LogP contribution in [0.2, 0.25) is 0 Å². The lowest BCUT2D eigenvalue weighted by molar-refractivity contribution is -0.301. The van der Waals surface area contributed by atoms with E-state index >= 15 is 0 Å². The van der Waals surface area contributed by atoms with Crippen molar-refractivity contribution in [1.29, 1.82) is 0 Å². The van der Waals surface area contributed by atoms with Crippen LogP contribution in [-0.2, 0) is 42.9 Å². The second kappa shape index (κ2) is 51.6. The van der Waals surface area contributed by atoms with Gasteiger partial charge in [-0.2, -0.15) is 0 Å². The highest BCUT2D eigenvalue weighted by molar-refractivity contribution is 5.74. The quantitative estimate of drug-likeness (QED) is 0.0228. The number of aliphatic hydroxyl groups is 2. The van der Waals surface area contributed by atoms with Gasteiger partial charge in [-0.05, 0) is 128 Å². The van der Waals surface area contributed by atoms with E-state index in [2.05, 4.69) is 154 Å². The van der Waals surface area contributed by atoms with Crippen molar-refractivity contribution < 1.29 is 58.2 Å². The number of unbranched alkanes of at least 4 members (excludes halogenated alkanes) is 11. The summed E-state index contributed by atoms with van der Waals surface area (Å²) in [5.41, 5.74) is 0. The third kappa shape index (κ3) is 41.6. The van der Waals surface area contributed by atoms with Crippen molar-refractivity contribution >= 4 is 23.9 Å². The van der Waals surface area contributed by atoms with Crippen LogP contribution in [0.15, 0.2) is 134 Å². The van der Waals surface area contributed by atoms with Crippen molar-refractivity contribution in [3.63, 3.8) is 0 Å². The summed E-state index contributed by atoms with van der Waals surface area (Å²) in [6, 6.07) is 0. The molecule has 0 aromatic rings. The summed E-state index contributed by atoms with van der Waals surface area (Å²) < 4.78 is 28.3. The lowest BCUT2D eigenvalue weighted by atomic mass is 9.98. The number of rotatable bonds is 47. The molecule has 12 heteroatoms. The fraction of sp³-hybridized carbons (Fsp3) is 0.600. The van der Waals surface area contributed by atoms with Gasteiger partial charge in [0.05, 0.1) is 6.61 Å². The number of carboxylic acid groups (broad SMARTS) is 1. The standard InChI is InChI=1S/C65H100O12/c1-4-7-10-13-16-19-22-25-27-29-31-34-36-39-42-45-48-51-57(66)73-54-56(75-58(67)52-49-46-43-40-37-33-24-21-18-15-12-9-6-3)55-74-65-63(61(70)60(69)62(77-65)64(71)72)76-59(68)53-50-47-44-41-38-35-32-30-28-26-23-20-17-14-11-8-5-2/h7-12,16-21,25-28,31-35,37,56,60-63,65,69-70H,4-6,13-15,22-24,29-30,36,38-55H2,1-3H3,(H,71,72)/b10-7-,11-8-,12-9-,19-16-,20-17-,21-18-,27-25-,28-26-,34-31-,35-32-,37-33-. The van der Waals surface area contributed by atoms with Crippen LogP contribution >= 0.6 is 0 Å². The summed E-state index contributed by atoms with van der Waals surface area (Å²) in [4.78, 5) is 51.1. The number of carboxylic acids is 1. The molecule has 0 radical (unpaired) electrons. The Morgan fingerprint density at radius 1 is 0.429 bits per heavy atom. The Kier molecular flexibility index (Phi) is 46.8. The zero-order valence-electron chi connectivity index (χ0n) is 47.4. The normalized spacial score (nSPS) is 19.0. The summed E-state index contributed by atoms with van der Waals surface area (Å²) in [6.45, 7) is 5.57. The van der Waals surface area contributed by atoms with Crippen LogP contribution in [0.3, 0.4) is 0 Å². The molecule has 6 unspecified atom stereocenters. The molecule has 1 saturated heterocycles. The second-order valence-corrected chi connectivity index (χ2v) is 19.1. The van der Waals surface area contributed by atoms with E-state index in [1.165, 1.54) is 0 Å². The third-order valence-electron chi connectivity index (χ3n) is 12.2. The number of ether oxygens (including phenoxy) is 5. The molecule has 1 heterocycles. The topological polar surface area (TPSA) is 175 Å². The summed E-state index contributed by atoms with van der Waals surface area (Å²) in [5.74, 6) is -3.25. The predicted octanol–water partition coefficient (Wildman–Crippen LogP) is 15.0. The monoisotopic (exact) mass is 1070 g/mol. The molecule has 3 N–H and O–H groups in total. The van der Waals surface area contributed by atoms with Crippen molar-refractivity contribution in [3.05, 3.63) is 134 Å². The molecule has 0 aromatic heterocycles.